The number of hydrogen-bond acceptors (Lipinski definition) is 3. The average Bonchev–Trinajstić information content (AvgIpc) is 2.36. The van der Waals surface area contributed by atoms with Gasteiger partial charge in [0.25, 0.3) is 0 Å². The van der Waals surface area contributed by atoms with Crippen molar-refractivity contribution >= 4 is 35.4 Å². The average molecular weight is 279 g/mol. The van der Waals surface area contributed by atoms with Gasteiger partial charge in [0.1, 0.15) is 13.1 Å². The first-order valence-corrected chi connectivity index (χ1v) is 5.98. The van der Waals surface area contributed by atoms with Crippen molar-refractivity contribution in [1.29, 1.82) is 0 Å². The highest BCUT2D eigenvalue weighted by molar-refractivity contribution is 6.32. The Kier molecular flexibility index (Phi) is 3.97. The lowest BCUT2D eigenvalue weighted by molar-refractivity contribution is -0.143. The molecule has 2 rings (SSSR count). The smallest absolute Gasteiger partial charge is 0.247 e. The van der Waals surface area contributed by atoms with Crippen molar-refractivity contribution in [1.82, 2.24) is 10.2 Å². The van der Waals surface area contributed by atoms with Crippen LogP contribution in [-0.2, 0) is 14.4 Å². The molecule has 1 saturated heterocycles. The third-order valence-corrected chi connectivity index (χ3v) is 2.91. The van der Waals surface area contributed by atoms with Crippen LogP contribution < -0.4 is 5.32 Å². The first-order valence-electron chi connectivity index (χ1n) is 5.60. The number of rotatable bonds is 2. The van der Waals surface area contributed by atoms with Crippen molar-refractivity contribution in [2.24, 2.45) is 0 Å². The van der Waals surface area contributed by atoms with Crippen molar-refractivity contribution in [2.75, 3.05) is 13.1 Å². The topological polar surface area (TPSA) is 66.5 Å². The molecule has 0 atom stereocenters. The van der Waals surface area contributed by atoms with E-state index in [9.17, 15) is 14.4 Å². The van der Waals surface area contributed by atoms with Crippen LogP contribution >= 0.6 is 11.6 Å². The van der Waals surface area contributed by atoms with Crippen LogP contribution in [0.2, 0.25) is 5.02 Å². The van der Waals surface area contributed by atoms with E-state index in [2.05, 4.69) is 5.32 Å². The zero-order chi connectivity index (χ0) is 13.8. The Morgan fingerprint density at radius 1 is 1.21 bits per heavy atom. The van der Waals surface area contributed by atoms with Gasteiger partial charge in [-0.1, -0.05) is 29.8 Å². The fraction of sp³-hybridized carbons (Fsp3) is 0.154. The maximum absolute atomic E-state index is 11.8. The molecule has 0 unspecified atom stereocenters. The molecule has 98 valence electrons. The molecule has 1 aliphatic rings. The Morgan fingerprint density at radius 2 is 1.84 bits per heavy atom. The Hall–Kier alpha value is -2.14. The van der Waals surface area contributed by atoms with Crippen LogP contribution in [0, 0.1) is 0 Å². The van der Waals surface area contributed by atoms with Crippen molar-refractivity contribution in [2.45, 2.75) is 0 Å². The van der Waals surface area contributed by atoms with Crippen molar-refractivity contribution in [3.05, 3.63) is 40.9 Å². The van der Waals surface area contributed by atoms with E-state index in [1.54, 1.807) is 30.3 Å². The number of hydrogen-bond donors (Lipinski definition) is 1. The molecule has 6 heteroatoms. The van der Waals surface area contributed by atoms with E-state index >= 15 is 0 Å². The number of carbonyl (C=O) groups is 3. The monoisotopic (exact) mass is 278 g/mol. The quantitative estimate of drug-likeness (QED) is 0.644. The normalized spacial score (nSPS) is 15.7. The number of piperazine rings is 1. The molecule has 0 saturated carbocycles. The van der Waals surface area contributed by atoms with Gasteiger partial charge in [-0.15, -0.1) is 0 Å². The number of nitrogens with zero attached hydrogens (tertiary/aromatic N) is 1. The zero-order valence-corrected chi connectivity index (χ0v) is 10.7. The van der Waals surface area contributed by atoms with Gasteiger partial charge < -0.3 is 4.90 Å². The predicted octanol–water partition coefficient (Wildman–Crippen LogP) is 0.838. The standard InChI is InChI=1S/C13H11ClN2O3/c14-10-4-2-1-3-9(10)5-6-13(19)16-7-11(17)15-12(18)8-16/h1-6H,7-8H2,(H,15,17,18). The molecule has 1 aromatic carbocycles. The van der Waals surface area contributed by atoms with Gasteiger partial charge in [-0.25, -0.2) is 0 Å². The second kappa shape index (κ2) is 5.67. The van der Waals surface area contributed by atoms with Crippen LogP contribution in [0.25, 0.3) is 6.08 Å². The summed E-state index contributed by atoms with van der Waals surface area (Å²) in [7, 11) is 0. The molecule has 0 aromatic heterocycles. The SMILES string of the molecule is O=C1CN(C(=O)C=Cc2ccccc2Cl)CC(=O)N1. The molecule has 5 nitrogen and oxygen atoms in total. The van der Waals surface area contributed by atoms with E-state index in [0.29, 0.717) is 10.6 Å². The van der Waals surface area contributed by atoms with E-state index in [0.717, 1.165) is 0 Å². The molecule has 0 spiro atoms. The summed E-state index contributed by atoms with van der Waals surface area (Å²) in [5.74, 6) is -1.35. The summed E-state index contributed by atoms with van der Waals surface area (Å²) in [6.45, 7) is -0.227. The van der Waals surface area contributed by atoms with Crippen LogP contribution in [0.5, 0.6) is 0 Å². The van der Waals surface area contributed by atoms with Crippen molar-refractivity contribution in [3.63, 3.8) is 0 Å². The lowest BCUT2D eigenvalue weighted by atomic mass is 10.2. The minimum atomic E-state index is -0.476. The number of carbonyl (C=O) groups excluding carboxylic acids is 3. The number of halogens is 1. The molecule has 0 aliphatic carbocycles. The molecule has 1 N–H and O–H groups in total. The summed E-state index contributed by atoms with van der Waals surface area (Å²) in [5, 5.41) is 2.66. The molecular weight excluding hydrogens is 268 g/mol. The van der Waals surface area contributed by atoms with Gasteiger partial charge >= 0.3 is 0 Å². The summed E-state index contributed by atoms with van der Waals surface area (Å²) in [4.78, 5) is 35.3. The number of benzene rings is 1. The highest BCUT2D eigenvalue weighted by atomic mass is 35.5. The van der Waals surface area contributed by atoms with Crippen LogP contribution in [0.15, 0.2) is 30.3 Å². The van der Waals surface area contributed by atoms with Crippen molar-refractivity contribution in [3.8, 4) is 0 Å². The summed E-state index contributed by atoms with van der Waals surface area (Å²) >= 11 is 5.95. The summed E-state index contributed by atoms with van der Waals surface area (Å²) < 4.78 is 0. The van der Waals surface area contributed by atoms with E-state index in [-0.39, 0.29) is 13.1 Å². The third kappa shape index (κ3) is 3.42. The minimum Gasteiger partial charge on any atom is -0.321 e. The van der Waals surface area contributed by atoms with Crippen LogP contribution in [0.4, 0.5) is 0 Å². The predicted molar refractivity (Wildman–Crippen MR) is 70.2 cm³/mol. The van der Waals surface area contributed by atoms with Crippen LogP contribution in [0.3, 0.4) is 0 Å². The molecule has 19 heavy (non-hydrogen) atoms. The zero-order valence-electron chi connectivity index (χ0n) is 9.93. The lowest BCUT2D eigenvalue weighted by Gasteiger charge is -2.24. The van der Waals surface area contributed by atoms with Gasteiger partial charge in [0.15, 0.2) is 0 Å². The second-order valence-electron chi connectivity index (χ2n) is 4.02. The van der Waals surface area contributed by atoms with Crippen LogP contribution in [-0.4, -0.2) is 35.7 Å². The highest BCUT2D eigenvalue weighted by Gasteiger charge is 2.24. The first kappa shape index (κ1) is 13.3. The van der Waals surface area contributed by atoms with Gasteiger partial charge in [0.2, 0.25) is 17.7 Å². The Bertz CT molecular complexity index is 553. The fourth-order valence-corrected chi connectivity index (χ4v) is 1.87. The third-order valence-electron chi connectivity index (χ3n) is 2.57. The van der Waals surface area contributed by atoms with Crippen LogP contribution in [0.1, 0.15) is 5.56 Å². The second-order valence-corrected chi connectivity index (χ2v) is 4.43. The van der Waals surface area contributed by atoms with E-state index in [1.165, 1.54) is 11.0 Å². The number of nitrogens with one attached hydrogen (secondary N) is 1. The summed E-state index contributed by atoms with van der Waals surface area (Å²) in [5.41, 5.74) is 0.699. The maximum Gasteiger partial charge on any atom is 0.247 e. The maximum atomic E-state index is 11.8. The van der Waals surface area contributed by atoms with Gasteiger partial charge in [0, 0.05) is 11.1 Å². The van der Waals surface area contributed by atoms with E-state index in [4.69, 9.17) is 11.6 Å². The molecule has 3 amide bonds. The minimum absolute atomic E-state index is 0.114. The fourth-order valence-electron chi connectivity index (χ4n) is 1.67. The molecular formula is C13H11ClN2O3. The highest BCUT2D eigenvalue weighted by Crippen LogP contribution is 2.16. The van der Waals surface area contributed by atoms with E-state index < -0.39 is 17.7 Å². The molecule has 0 bridgehead atoms. The Morgan fingerprint density at radius 3 is 2.47 bits per heavy atom. The molecule has 1 heterocycles. The van der Waals surface area contributed by atoms with Crippen molar-refractivity contribution < 1.29 is 14.4 Å². The summed E-state index contributed by atoms with van der Waals surface area (Å²) in [6, 6.07) is 7.06. The van der Waals surface area contributed by atoms with Gasteiger partial charge in [-0.05, 0) is 17.7 Å². The van der Waals surface area contributed by atoms with Gasteiger partial charge in [-0.3, -0.25) is 19.7 Å². The summed E-state index contributed by atoms with van der Waals surface area (Å²) in [6.07, 6.45) is 2.86. The molecule has 1 aliphatic heterocycles. The lowest BCUT2D eigenvalue weighted by Crippen LogP contribution is -2.52. The first-order chi connectivity index (χ1) is 9.06. The number of imide groups is 1. The van der Waals surface area contributed by atoms with Gasteiger partial charge in [0.05, 0.1) is 0 Å². The number of amides is 3. The Balaban J connectivity index is 2.07. The molecule has 1 fully saturated rings. The Labute approximate surface area is 114 Å². The van der Waals surface area contributed by atoms with Gasteiger partial charge in [-0.2, -0.15) is 0 Å². The molecule has 1 aromatic rings. The van der Waals surface area contributed by atoms with E-state index in [1.807, 2.05) is 0 Å². The molecule has 0 radical (unpaired) electrons. The largest absolute Gasteiger partial charge is 0.321 e.